The number of nitrogens with one attached hydrogen (secondary N) is 1. The first kappa shape index (κ1) is 29.5. The van der Waals surface area contributed by atoms with E-state index in [9.17, 15) is 9.59 Å². The lowest BCUT2D eigenvalue weighted by atomic mass is 10.1. The third-order valence-electron chi connectivity index (χ3n) is 7.14. The maximum Gasteiger partial charge on any atom is 0.247 e. The number of benzene rings is 3. The van der Waals surface area contributed by atoms with Crippen LogP contribution in [-0.2, 0) is 22.6 Å². The first-order chi connectivity index (χ1) is 20.0. The summed E-state index contributed by atoms with van der Waals surface area (Å²) in [4.78, 5) is 33.9. The summed E-state index contributed by atoms with van der Waals surface area (Å²) >= 11 is 0. The lowest BCUT2D eigenvalue weighted by Gasteiger charge is -2.27. The zero-order valence-electron chi connectivity index (χ0n) is 24.1. The number of hydrogen-bond donors (Lipinski definition) is 1. The van der Waals surface area contributed by atoms with Crippen molar-refractivity contribution < 1.29 is 19.1 Å². The fourth-order valence-corrected chi connectivity index (χ4v) is 4.80. The third-order valence-corrected chi connectivity index (χ3v) is 7.14. The molecule has 0 aliphatic heterocycles. The van der Waals surface area contributed by atoms with Gasteiger partial charge >= 0.3 is 0 Å². The van der Waals surface area contributed by atoms with E-state index in [1.165, 1.54) is 0 Å². The third kappa shape index (κ3) is 8.01. The standard InChI is InChI=1S/C34H39N3O4/c1-4-5-20-36(33(38)18-16-26-11-7-6-8-12-26)25-34(39)37(24-27-15-17-31(40-2)32(22-27)41-3)21-19-28-23-35-30-14-10-9-13-29(28)30/h6-18,22-23,35H,4-5,19-21,24-25H2,1-3H3/b18-16+. The number of H-pyrrole nitrogens is 1. The number of rotatable bonds is 14. The normalized spacial score (nSPS) is 11.1. The van der Waals surface area contributed by atoms with E-state index < -0.39 is 0 Å². The molecule has 0 aliphatic rings. The minimum absolute atomic E-state index is 0.0130. The molecule has 2 amide bonds. The molecule has 4 rings (SSSR count). The molecular weight excluding hydrogens is 514 g/mol. The molecule has 41 heavy (non-hydrogen) atoms. The smallest absolute Gasteiger partial charge is 0.247 e. The number of para-hydroxylation sites is 1. The van der Waals surface area contributed by atoms with Crippen LogP contribution in [0.3, 0.4) is 0 Å². The van der Waals surface area contributed by atoms with Gasteiger partial charge in [0.15, 0.2) is 11.5 Å². The second-order valence-electron chi connectivity index (χ2n) is 9.97. The maximum absolute atomic E-state index is 13.8. The van der Waals surface area contributed by atoms with Crippen molar-refractivity contribution in [1.29, 1.82) is 0 Å². The van der Waals surface area contributed by atoms with E-state index in [1.54, 1.807) is 31.3 Å². The van der Waals surface area contributed by atoms with Crippen LogP contribution < -0.4 is 9.47 Å². The molecule has 0 saturated heterocycles. The van der Waals surface area contributed by atoms with Crippen LogP contribution in [0.5, 0.6) is 11.5 Å². The molecule has 4 aromatic rings. The highest BCUT2D eigenvalue weighted by molar-refractivity contribution is 5.94. The van der Waals surface area contributed by atoms with Crippen molar-refractivity contribution in [2.75, 3.05) is 33.9 Å². The van der Waals surface area contributed by atoms with Gasteiger partial charge in [0.2, 0.25) is 11.8 Å². The summed E-state index contributed by atoms with van der Waals surface area (Å²) in [6.07, 6.45) is 7.79. The molecule has 0 atom stereocenters. The maximum atomic E-state index is 13.8. The average Bonchev–Trinajstić information content (AvgIpc) is 3.43. The van der Waals surface area contributed by atoms with Crippen LogP contribution in [-0.4, -0.2) is 60.5 Å². The van der Waals surface area contributed by atoms with E-state index in [2.05, 4.69) is 18.0 Å². The number of aromatic nitrogens is 1. The van der Waals surface area contributed by atoms with Gasteiger partial charge in [-0.1, -0.05) is 67.9 Å². The van der Waals surface area contributed by atoms with Gasteiger partial charge in [0, 0.05) is 42.8 Å². The monoisotopic (exact) mass is 553 g/mol. The highest BCUT2D eigenvalue weighted by Crippen LogP contribution is 2.28. The van der Waals surface area contributed by atoms with Crippen LogP contribution >= 0.6 is 0 Å². The minimum atomic E-state index is -0.168. The first-order valence-electron chi connectivity index (χ1n) is 14.1. The minimum Gasteiger partial charge on any atom is -0.493 e. The van der Waals surface area contributed by atoms with Crippen LogP contribution in [0.1, 0.15) is 36.5 Å². The van der Waals surface area contributed by atoms with Gasteiger partial charge in [0.25, 0.3) is 0 Å². The van der Waals surface area contributed by atoms with E-state index in [1.807, 2.05) is 77.8 Å². The van der Waals surface area contributed by atoms with Gasteiger partial charge in [0.05, 0.1) is 14.2 Å². The van der Waals surface area contributed by atoms with Crippen LogP contribution in [0.2, 0.25) is 0 Å². The van der Waals surface area contributed by atoms with Crippen molar-refractivity contribution in [3.8, 4) is 11.5 Å². The number of carbonyl (C=O) groups excluding carboxylic acids is 2. The summed E-state index contributed by atoms with van der Waals surface area (Å²) in [7, 11) is 3.20. The number of fused-ring (bicyclic) bond motifs is 1. The van der Waals surface area contributed by atoms with Gasteiger partial charge in [-0.2, -0.15) is 0 Å². The number of ether oxygens (including phenoxy) is 2. The molecule has 1 N–H and O–H groups in total. The van der Waals surface area contributed by atoms with Crippen molar-refractivity contribution >= 4 is 28.8 Å². The average molecular weight is 554 g/mol. The van der Waals surface area contributed by atoms with E-state index in [0.29, 0.717) is 37.6 Å². The quantitative estimate of drug-likeness (QED) is 0.192. The fourth-order valence-electron chi connectivity index (χ4n) is 4.80. The second-order valence-corrected chi connectivity index (χ2v) is 9.97. The molecule has 0 spiro atoms. The van der Waals surface area contributed by atoms with E-state index in [4.69, 9.17) is 9.47 Å². The van der Waals surface area contributed by atoms with Gasteiger partial charge in [0.1, 0.15) is 6.54 Å². The number of methoxy groups -OCH3 is 2. The molecule has 0 fully saturated rings. The molecule has 1 heterocycles. The first-order valence-corrected chi connectivity index (χ1v) is 14.1. The van der Waals surface area contributed by atoms with Crippen molar-refractivity contribution in [2.45, 2.75) is 32.7 Å². The van der Waals surface area contributed by atoms with Gasteiger partial charge in [-0.3, -0.25) is 9.59 Å². The summed E-state index contributed by atoms with van der Waals surface area (Å²) < 4.78 is 10.9. The summed E-state index contributed by atoms with van der Waals surface area (Å²) in [5.74, 6) is 0.977. The molecule has 1 aromatic heterocycles. The Morgan fingerprint density at radius 1 is 0.878 bits per heavy atom. The molecule has 214 valence electrons. The molecule has 0 bridgehead atoms. The number of amides is 2. The number of unbranched alkanes of at least 4 members (excludes halogenated alkanes) is 1. The molecule has 0 radical (unpaired) electrons. The Balaban J connectivity index is 1.55. The number of nitrogens with zero attached hydrogens (tertiary/aromatic N) is 2. The molecule has 7 heteroatoms. The predicted molar refractivity (Wildman–Crippen MR) is 164 cm³/mol. The topological polar surface area (TPSA) is 74.9 Å². The highest BCUT2D eigenvalue weighted by Gasteiger charge is 2.21. The molecular formula is C34H39N3O4. The SMILES string of the molecule is CCCCN(CC(=O)N(CCc1c[nH]c2ccccc12)Cc1ccc(OC)c(OC)c1)C(=O)/C=C/c1ccccc1. The van der Waals surface area contributed by atoms with Crippen LogP contribution in [0.25, 0.3) is 17.0 Å². The van der Waals surface area contributed by atoms with E-state index in [-0.39, 0.29) is 18.4 Å². The summed E-state index contributed by atoms with van der Waals surface area (Å²) in [6, 6.07) is 23.5. The zero-order chi connectivity index (χ0) is 29.0. The van der Waals surface area contributed by atoms with E-state index in [0.717, 1.165) is 40.4 Å². The van der Waals surface area contributed by atoms with Gasteiger partial charge in [-0.25, -0.2) is 0 Å². The lowest BCUT2D eigenvalue weighted by Crippen LogP contribution is -2.43. The van der Waals surface area contributed by atoms with Crippen molar-refractivity contribution in [3.05, 3.63) is 102 Å². The Hall–Kier alpha value is -4.52. The molecule has 0 saturated carbocycles. The van der Waals surface area contributed by atoms with Crippen LogP contribution in [0.15, 0.2) is 85.1 Å². The highest BCUT2D eigenvalue weighted by atomic mass is 16.5. The zero-order valence-corrected chi connectivity index (χ0v) is 24.1. The Labute approximate surface area is 242 Å². The largest absolute Gasteiger partial charge is 0.493 e. The summed E-state index contributed by atoms with van der Waals surface area (Å²) in [5, 5.41) is 1.15. The Morgan fingerprint density at radius 3 is 2.39 bits per heavy atom. The fraction of sp³-hybridized carbons (Fsp3) is 0.294. The van der Waals surface area contributed by atoms with Gasteiger partial charge in [-0.15, -0.1) is 0 Å². The summed E-state index contributed by atoms with van der Waals surface area (Å²) in [5.41, 5.74) is 4.08. The second kappa shape index (κ2) is 14.7. The number of carbonyl (C=O) groups is 2. The number of aromatic amines is 1. The molecule has 3 aromatic carbocycles. The number of hydrogen-bond acceptors (Lipinski definition) is 4. The van der Waals surface area contributed by atoms with Crippen molar-refractivity contribution in [3.63, 3.8) is 0 Å². The van der Waals surface area contributed by atoms with Crippen LogP contribution in [0.4, 0.5) is 0 Å². The Kier molecular flexibility index (Phi) is 10.6. The Morgan fingerprint density at radius 2 is 1.63 bits per heavy atom. The lowest BCUT2D eigenvalue weighted by molar-refractivity contribution is -0.138. The molecule has 7 nitrogen and oxygen atoms in total. The van der Waals surface area contributed by atoms with Gasteiger partial charge < -0.3 is 24.3 Å². The van der Waals surface area contributed by atoms with Crippen molar-refractivity contribution in [2.24, 2.45) is 0 Å². The predicted octanol–water partition coefficient (Wildman–Crippen LogP) is 6.10. The van der Waals surface area contributed by atoms with Crippen LogP contribution in [0, 0.1) is 0 Å². The van der Waals surface area contributed by atoms with E-state index >= 15 is 0 Å². The molecule has 0 unspecified atom stereocenters. The molecule has 0 aliphatic carbocycles. The van der Waals surface area contributed by atoms with Gasteiger partial charge in [-0.05, 0) is 53.8 Å². The Bertz CT molecular complexity index is 1460. The summed E-state index contributed by atoms with van der Waals surface area (Å²) in [6.45, 7) is 3.50. The van der Waals surface area contributed by atoms with Crippen molar-refractivity contribution in [1.82, 2.24) is 14.8 Å².